The molecule has 2 aliphatic rings. The van der Waals surface area contributed by atoms with Crippen LogP contribution in [-0.2, 0) is 25.8 Å². The van der Waals surface area contributed by atoms with Gasteiger partial charge in [-0.05, 0) is 41.8 Å². The zero-order valence-electron chi connectivity index (χ0n) is 18.2. The molecule has 2 aliphatic heterocycles. The van der Waals surface area contributed by atoms with Gasteiger partial charge in [0, 0.05) is 26.7 Å². The van der Waals surface area contributed by atoms with Crippen molar-refractivity contribution in [1.82, 2.24) is 9.80 Å². The van der Waals surface area contributed by atoms with Crippen LogP contribution in [0, 0.1) is 5.82 Å². The van der Waals surface area contributed by atoms with E-state index < -0.39 is 27.6 Å². The Kier molecular flexibility index (Phi) is 6.51. The smallest absolute Gasteiger partial charge is 0.239 e. The predicted molar refractivity (Wildman–Crippen MR) is 120 cm³/mol. The first-order valence-electron chi connectivity index (χ1n) is 10.7. The Hall–Kier alpha value is -2.82. The van der Waals surface area contributed by atoms with Crippen LogP contribution in [0.25, 0.3) is 0 Å². The number of carbonyl (C=O) groups excluding carboxylic acids is 2. The summed E-state index contributed by atoms with van der Waals surface area (Å²) < 4.78 is 38.2. The number of aliphatic hydroxyl groups excluding tert-OH is 1. The molecule has 0 aromatic heterocycles. The Morgan fingerprint density at radius 3 is 2.79 bits per heavy atom. The van der Waals surface area contributed by atoms with Crippen LogP contribution in [0.1, 0.15) is 23.6 Å². The van der Waals surface area contributed by atoms with Gasteiger partial charge in [0.25, 0.3) is 0 Å². The molecule has 0 aliphatic carbocycles. The van der Waals surface area contributed by atoms with Crippen molar-refractivity contribution in [3.63, 3.8) is 0 Å². The van der Waals surface area contributed by atoms with E-state index in [4.69, 9.17) is 0 Å². The lowest BCUT2D eigenvalue weighted by Crippen LogP contribution is -2.39. The van der Waals surface area contributed by atoms with Gasteiger partial charge in [-0.2, -0.15) is 0 Å². The highest BCUT2D eigenvalue weighted by molar-refractivity contribution is 7.92. The maximum absolute atomic E-state index is 13.9. The summed E-state index contributed by atoms with van der Waals surface area (Å²) in [7, 11) is -2.02. The van der Waals surface area contributed by atoms with Crippen LogP contribution in [0.5, 0.6) is 0 Å². The summed E-state index contributed by atoms with van der Waals surface area (Å²) in [6.45, 7) is 1.39. The molecule has 2 aromatic rings. The fourth-order valence-electron chi connectivity index (χ4n) is 4.36. The summed E-state index contributed by atoms with van der Waals surface area (Å²) in [5, 5.41) is 12.5. The van der Waals surface area contributed by atoms with Crippen molar-refractivity contribution < 1.29 is 27.5 Å². The van der Waals surface area contributed by atoms with Gasteiger partial charge in [-0.25, -0.2) is 12.8 Å². The average Bonchev–Trinajstić information content (AvgIpc) is 3.16. The molecule has 0 bridgehead atoms. The predicted octanol–water partition coefficient (Wildman–Crippen LogP) is 1.36. The standard InChI is InChI=1S/C23H26FN3O5S/c1-26(13-20(27-8-7-18(28)12-27)16-3-2-4-17(24)11-16)23(30)10-15-5-6-21-19(9-15)25-22(29)14-33(21,31)32/h2-6,9,11,18,20,28H,7-8,10,12-14H2,1H3,(H,25,29)/t18-,20+/m0/s1. The van der Waals surface area contributed by atoms with Crippen molar-refractivity contribution in [1.29, 1.82) is 0 Å². The number of hydrogen-bond acceptors (Lipinski definition) is 6. The van der Waals surface area contributed by atoms with Gasteiger partial charge in [-0.3, -0.25) is 14.5 Å². The minimum absolute atomic E-state index is 0.0121. The third-order valence-electron chi connectivity index (χ3n) is 6.07. The first kappa shape index (κ1) is 23.3. The van der Waals surface area contributed by atoms with Crippen LogP contribution in [0.2, 0.25) is 0 Å². The molecule has 0 spiro atoms. The third-order valence-corrected chi connectivity index (χ3v) is 7.74. The molecule has 33 heavy (non-hydrogen) atoms. The molecule has 2 amide bonds. The van der Waals surface area contributed by atoms with Crippen LogP contribution in [0.15, 0.2) is 47.4 Å². The van der Waals surface area contributed by atoms with Crippen molar-refractivity contribution in [2.24, 2.45) is 0 Å². The highest BCUT2D eigenvalue weighted by Crippen LogP contribution is 2.29. The summed E-state index contributed by atoms with van der Waals surface area (Å²) in [5.41, 5.74) is 1.48. The Labute approximate surface area is 191 Å². The van der Waals surface area contributed by atoms with Crippen molar-refractivity contribution >= 4 is 27.3 Å². The fourth-order valence-corrected chi connectivity index (χ4v) is 5.65. The normalized spacial score (nSPS) is 20.7. The number of halogens is 1. The molecule has 4 rings (SSSR count). The van der Waals surface area contributed by atoms with E-state index in [0.29, 0.717) is 31.6 Å². The molecule has 1 fully saturated rings. The maximum atomic E-state index is 13.9. The van der Waals surface area contributed by atoms with Gasteiger partial charge in [0.15, 0.2) is 9.84 Å². The number of hydrogen-bond donors (Lipinski definition) is 2. The monoisotopic (exact) mass is 475 g/mol. The topological polar surface area (TPSA) is 107 Å². The highest BCUT2D eigenvalue weighted by Gasteiger charge is 2.31. The van der Waals surface area contributed by atoms with Crippen molar-refractivity contribution in [2.45, 2.75) is 29.9 Å². The highest BCUT2D eigenvalue weighted by atomic mass is 32.2. The lowest BCUT2D eigenvalue weighted by atomic mass is 10.0. The van der Waals surface area contributed by atoms with E-state index in [0.717, 1.165) is 5.56 Å². The number of carbonyl (C=O) groups is 2. The minimum Gasteiger partial charge on any atom is -0.392 e. The number of aliphatic hydroxyl groups is 1. The van der Waals surface area contributed by atoms with E-state index in [-0.39, 0.29) is 34.8 Å². The number of amides is 2. The van der Waals surface area contributed by atoms with Gasteiger partial charge in [0.2, 0.25) is 11.8 Å². The maximum Gasteiger partial charge on any atom is 0.239 e. The lowest BCUT2D eigenvalue weighted by Gasteiger charge is -2.32. The average molecular weight is 476 g/mol. The van der Waals surface area contributed by atoms with Crippen LogP contribution in [-0.4, -0.2) is 73.7 Å². The molecule has 2 aromatic carbocycles. The summed E-state index contributed by atoms with van der Waals surface area (Å²) >= 11 is 0. The fraction of sp³-hybridized carbons (Fsp3) is 0.391. The second-order valence-corrected chi connectivity index (χ2v) is 10.6. The third kappa shape index (κ3) is 5.23. The molecule has 1 saturated heterocycles. The van der Waals surface area contributed by atoms with Gasteiger partial charge < -0.3 is 15.3 Å². The molecule has 0 unspecified atom stereocenters. The molecule has 2 atom stereocenters. The zero-order valence-corrected chi connectivity index (χ0v) is 19.0. The summed E-state index contributed by atoms with van der Waals surface area (Å²) in [6.07, 6.45) is 0.176. The molecule has 0 saturated carbocycles. The summed E-state index contributed by atoms with van der Waals surface area (Å²) in [4.78, 5) is 28.3. The number of likely N-dealkylation sites (tertiary alicyclic amines) is 1. The lowest BCUT2D eigenvalue weighted by molar-refractivity contribution is -0.130. The SMILES string of the molecule is CN(C[C@H](c1cccc(F)c1)N1CC[C@H](O)C1)C(=O)Cc1ccc2c(c1)NC(=O)CS2(=O)=O. The zero-order chi connectivity index (χ0) is 23.8. The van der Waals surface area contributed by atoms with E-state index in [2.05, 4.69) is 5.32 Å². The van der Waals surface area contributed by atoms with Crippen LogP contribution in [0.3, 0.4) is 0 Å². The van der Waals surface area contributed by atoms with Gasteiger partial charge in [0.1, 0.15) is 11.6 Å². The van der Waals surface area contributed by atoms with E-state index in [1.165, 1.54) is 24.3 Å². The Morgan fingerprint density at radius 1 is 1.30 bits per heavy atom. The Morgan fingerprint density at radius 2 is 2.09 bits per heavy atom. The van der Waals surface area contributed by atoms with E-state index in [1.807, 2.05) is 11.0 Å². The van der Waals surface area contributed by atoms with Gasteiger partial charge in [-0.1, -0.05) is 18.2 Å². The van der Waals surface area contributed by atoms with Crippen LogP contribution >= 0.6 is 0 Å². The number of anilines is 1. The first-order chi connectivity index (χ1) is 15.6. The second-order valence-electron chi connectivity index (χ2n) is 8.60. The largest absolute Gasteiger partial charge is 0.392 e. The molecular weight excluding hydrogens is 449 g/mol. The van der Waals surface area contributed by atoms with Gasteiger partial charge >= 0.3 is 0 Å². The number of benzene rings is 2. The van der Waals surface area contributed by atoms with Crippen molar-refractivity contribution in [2.75, 3.05) is 37.8 Å². The number of nitrogens with one attached hydrogen (secondary N) is 1. The number of sulfone groups is 1. The second kappa shape index (κ2) is 9.20. The van der Waals surface area contributed by atoms with Gasteiger partial charge in [0.05, 0.1) is 29.1 Å². The Bertz CT molecular complexity index is 1190. The van der Waals surface area contributed by atoms with E-state index in [1.54, 1.807) is 24.1 Å². The van der Waals surface area contributed by atoms with Crippen LogP contribution < -0.4 is 5.32 Å². The molecule has 8 nitrogen and oxygen atoms in total. The summed E-state index contributed by atoms with van der Waals surface area (Å²) in [5.74, 6) is -1.76. The molecule has 10 heteroatoms. The number of rotatable bonds is 6. The Balaban J connectivity index is 1.50. The number of fused-ring (bicyclic) bond motifs is 1. The first-order valence-corrected chi connectivity index (χ1v) is 12.3. The summed E-state index contributed by atoms with van der Waals surface area (Å²) in [6, 6.07) is 10.5. The van der Waals surface area contributed by atoms with Crippen LogP contribution in [0.4, 0.5) is 10.1 Å². The number of β-amino-alcohol motifs (C(OH)–C–C–N with tert-alkyl or cyclic N) is 1. The molecular formula is C23H26FN3O5S. The molecule has 176 valence electrons. The molecule has 2 N–H and O–H groups in total. The number of nitrogens with zero attached hydrogens (tertiary/aromatic N) is 2. The van der Waals surface area contributed by atoms with Gasteiger partial charge in [-0.15, -0.1) is 0 Å². The van der Waals surface area contributed by atoms with E-state index in [9.17, 15) is 27.5 Å². The van der Waals surface area contributed by atoms with E-state index >= 15 is 0 Å². The minimum atomic E-state index is -3.68. The van der Waals surface area contributed by atoms with Crippen molar-refractivity contribution in [3.05, 3.63) is 59.4 Å². The molecule has 2 heterocycles. The number of likely N-dealkylation sites (N-methyl/N-ethyl adjacent to an activating group) is 1. The van der Waals surface area contributed by atoms with Crippen molar-refractivity contribution in [3.8, 4) is 0 Å². The quantitative estimate of drug-likeness (QED) is 0.654. The molecule has 0 radical (unpaired) electrons.